The lowest BCUT2D eigenvalue weighted by Crippen LogP contribution is -2.43. The zero-order chi connectivity index (χ0) is 15.3. The third-order valence-electron chi connectivity index (χ3n) is 3.20. The Morgan fingerprint density at radius 2 is 1.73 bits per heavy atom. The number of hydrogen-bond acceptors (Lipinski definition) is 3. The van der Waals surface area contributed by atoms with Crippen LogP contribution in [0.15, 0.2) is 24.3 Å². The lowest BCUT2D eigenvalue weighted by molar-refractivity contribution is -0.123. The maximum Gasteiger partial charge on any atom is 0.241 e. The van der Waals surface area contributed by atoms with E-state index in [-0.39, 0.29) is 36.1 Å². The first-order valence-corrected chi connectivity index (χ1v) is 6.96. The van der Waals surface area contributed by atoms with Gasteiger partial charge in [0.15, 0.2) is 0 Å². The van der Waals surface area contributed by atoms with E-state index < -0.39 is 6.04 Å². The van der Waals surface area contributed by atoms with E-state index in [1.807, 2.05) is 45.3 Å². The highest BCUT2D eigenvalue weighted by atomic mass is 35.5. The maximum absolute atomic E-state index is 12.1. The second-order valence-corrected chi connectivity index (χ2v) is 6.51. The summed E-state index contributed by atoms with van der Waals surface area (Å²) in [5.41, 5.74) is 8.02. The Bertz CT molecular complexity index is 447. The summed E-state index contributed by atoms with van der Waals surface area (Å²) < 4.78 is 0. The summed E-state index contributed by atoms with van der Waals surface area (Å²) in [5, 5.41) is 2.95. The highest BCUT2D eigenvalue weighted by molar-refractivity contribution is 5.85. The molecule has 0 radical (unpaired) electrons. The number of rotatable bonds is 6. The van der Waals surface area contributed by atoms with Crippen molar-refractivity contribution in [3.8, 4) is 0 Å². The Morgan fingerprint density at radius 3 is 2.18 bits per heavy atom. The van der Waals surface area contributed by atoms with Crippen molar-refractivity contribution >= 4 is 30.7 Å². The third kappa shape index (κ3) is 7.99. The van der Waals surface area contributed by atoms with Crippen LogP contribution in [0.4, 0.5) is 0 Å². The summed E-state index contributed by atoms with van der Waals surface area (Å²) in [7, 11) is 4.06. The van der Waals surface area contributed by atoms with Crippen LogP contribution in [0.5, 0.6) is 0 Å². The highest BCUT2D eigenvalue weighted by Crippen LogP contribution is 2.16. The first-order chi connectivity index (χ1) is 9.21. The molecular formula is C16H29Cl2N3O. The summed E-state index contributed by atoms with van der Waals surface area (Å²) in [4.78, 5) is 14.2. The van der Waals surface area contributed by atoms with Crippen LogP contribution in [-0.4, -0.2) is 38.0 Å². The van der Waals surface area contributed by atoms with Gasteiger partial charge in [-0.1, -0.05) is 43.7 Å². The van der Waals surface area contributed by atoms with Crippen molar-refractivity contribution < 1.29 is 4.79 Å². The van der Waals surface area contributed by atoms with E-state index in [9.17, 15) is 4.79 Å². The van der Waals surface area contributed by atoms with Crippen molar-refractivity contribution in [2.75, 3.05) is 27.2 Å². The molecule has 3 N–H and O–H groups in total. The normalized spacial score (nSPS) is 12.1. The fourth-order valence-corrected chi connectivity index (χ4v) is 2.27. The maximum atomic E-state index is 12.1. The monoisotopic (exact) mass is 349 g/mol. The standard InChI is InChI=1S/C16H27N3O.2ClH/c1-12-6-8-13(9-7-12)14(17)15(20)18-10-16(2,3)11-19(4)5;;/h6-9,14H,10-11,17H2,1-5H3,(H,18,20);2*1H. The number of nitrogens with one attached hydrogen (secondary N) is 1. The van der Waals surface area contributed by atoms with E-state index in [1.54, 1.807) is 0 Å². The van der Waals surface area contributed by atoms with Gasteiger partial charge in [-0.25, -0.2) is 0 Å². The summed E-state index contributed by atoms with van der Waals surface area (Å²) in [6.45, 7) is 7.80. The Hall–Kier alpha value is -0.810. The molecule has 0 aliphatic rings. The van der Waals surface area contributed by atoms with Gasteiger partial charge in [0.2, 0.25) is 5.91 Å². The predicted octanol–water partition coefficient (Wildman–Crippen LogP) is 2.54. The Labute approximate surface area is 146 Å². The topological polar surface area (TPSA) is 58.4 Å². The van der Waals surface area contributed by atoms with E-state index in [4.69, 9.17) is 5.73 Å². The van der Waals surface area contributed by atoms with Gasteiger partial charge in [-0.15, -0.1) is 24.8 Å². The molecule has 4 nitrogen and oxygen atoms in total. The van der Waals surface area contributed by atoms with Crippen LogP contribution >= 0.6 is 24.8 Å². The Balaban J connectivity index is 0. The van der Waals surface area contributed by atoms with E-state index >= 15 is 0 Å². The van der Waals surface area contributed by atoms with Gasteiger partial charge < -0.3 is 16.0 Å². The van der Waals surface area contributed by atoms with Gasteiger partial charge >= 0.3 is 0 Å². The molecule has 0 aromatic heterocycles. The highest BCUT2D eigenvalue weighted by Gasteiger charge is 2.22. The zero-order valence-corrected chi connectivity index (χ0v) is 15.7. The largest absolute Gasteiger partial charge is 0.354 e. The van der Waals surface area contributed by atoms with Crippen LogP contribution < -0.4 is 11.1 Å². The fourth-order valence-electron chi connectivity index (χ4n) is 2.27. The number of nitrogens with two attached hydrogens (primary N) is 1. The second-order valence-electron chi connectivity index (χ2n) is 6.51. The van der Waals surface area contributed by atoms with E-state index in [2.05, 4.69) is 24.1 Å². The Kier molecular flexibility index (Phi) is 10.7. The van der Waals surface area contributed by atoms with E-state index in [0.717, 1.165) is 17.7 Å². The van der Waals surface area contributed by atoms with Crippen LogP contribution in [-0.2, 0) is 4.79 Å². The fraction of sp³-hybridized carbons (Fsp3) is 0.562. The molecule has 0 spiro atoms. The predicted molar refractivity (Wildman–Crippen MR) is 97.9 cm³/mol. The smallest absolute Gasteiger partial charge is 0.241 e. The number of carbonyl (C=O) groups is 1. The molecular weight excluding hydrogens is 321 g/mol. The molecule has 1 aromatic carbocycles. The van der Waals surface area contributed by atoms with Crippen molar-refractivity contribution in [3.63, 3.8) is 0 Å². The van der Waals surface area contributed by atoms with Gasteiger partial charge in [0.25, 0.3) is 0 Å². The van der Waals surface area contributed by atoms with E-state index in [1.165, 1.54) is 0 Å². The van der Waals surface area contributed by atoms with Crippen LogP contribution in [0.3, 0.4) is 0 Å². The van der Waals surface area contributed by atoms with Gasteiger partial charge in [0.1, 0.15) is 6.04 Å². The number of carbonyl (C=O) groups excluding carboxylic acids is 1. The summed E-state index contributed by atoms with van der Waals surface area (Å²) in [5.74, 6) is -0.124. The molecule has 0 fully saturated rings. The molecule has 22 heavy (non-hydrogen) atoms. The number of hydrogen-bond donors (Lipinski definition) is 2. The number of nitrogens with zero attached hydrogens (tertiary/aromatic N) is 1. The molecule has 0 aliphatic heterocycles. The number of amides is 1. The lowest BCUT2D eigenvalue weighted by atomic mass is 9.92. The quantitative estimate of drug-likeness (QED) is 0.829. The van der Waals surface area contributed by atoms with Crippen LogP contribution in [0.1, 0.15) is 31.0 Å². The molecule has 0 aliphatic carbocycles. The molecule has 0 saturated heterocycles. The number of benzene rings is 1. The van der Waals surface area contributed by atoms with Crippen LogP contribution in [0.25, 0.3) is 0 Å². The summed E-state index contributed by atoms with van der Waals surface area (Å²) in [6.07, 6.45) is 0. The van der Waals surface area contributed by atoms with Crippen molar-refractivity contribution in [3.05, 3.63) is 35.4 Å². The van der Waals surface area contributed by atoms with Crippen LogP contribution in [0, 0.1) is 12.3 Å². The minimum absolute atomic E-state index is 0. The third-order valence-corrected chi connectivity index (χ3v) is 3.20. The second kappa shape index (κ2) is 10.1. The average Bonchev–Trinajstić information content (AvgIpc) is 2.34. The first kappa shape index (κ1) is 23.5. The lowest BCUT2D eigenvalue weighted by Gasteiger charge is -2.29. The summed E-state index contributed by atoms with van der Waals surface area (Å²) in [6, 6.07) is 7.15. The van der Waals surface area contributed by atoms with Gasteiger partial charge in [-0.05, 0) is 32.0 Å². The van der Waals surface area contributed by atoms with Crippen molar-refractivity contribution in [1.29, 1.82) is 0 Å². The van der Waals surface area contributed by atoms with Gasteiger partial charge in [-0.3, -0.25) is 4.79 Å². The SMILES string of the molecule is Cc1ccc(C(N)C(=O)NCC(C)(C)CN(C)C)cc1.Cl.Cl. The molecule has 0 bridgehead atoms. The first-order valence-electron chi connectivity index (χ1n) is 6.96. The zero-order valence-electron chi connectivity index (χ0n) is 14.1. The molecule has 0 saturated carbocycles. The molecule has 1 rings (SSSR count). The molecule has 1 unspecified atom stereocenters. The number of halogens is 2. The van der Waals surface area contributed by atoms with Crippen molar-refractivity contribution in [2.45, 2.75) is 26.8 Å². The van der Waals surface area contributed by atoms with Gasteiger partial charge in [0.05, 0.1) is 0 Å². The molecule has 0 heterocycles. The van der Waals surface area contributed by atoms with Crippen molar-refractivity contribution in [1.82, 2.24) is 10.2 Å². The molecule has 1 amide bonds. The molecule has 1 aromatic rings. The molecule has 6 heteroatoms. The number of aryl methyl sites for hydroxylation is 1. The molecule has 128 valence electrons. The average molecular weight is 350 g/mol. The van der Waals surface area contributed by atoms with Gasteiger partial charge in [-0.2, -0.15) is 0 Å². The summed E-state index contributed by atoms with van der Waals surface area (Å²) >= 11 is 0. The van der Waals surface area contributed by atoms with Crippen molar-refractivity contribution in [2.24, 2.45) is 11.1 Å². The van der Waals surface area contributed by atoms with Gasteiger partial charge in [0, 0.05) is 13.1 Å². The molecule has 1 atom stereocenters. The Morgan fingerprint density at radius 1 is 1.23 bits per heavy atom. The minimum atomic E-state index is -0.606. The van der Waals surface area contributed by atoms with Crippen LogP contribution in [0.2, 0.25) is 0 Å². The minimum Gasteiger partial charge on any atom is -0.354 e. The van der Waals surface area contributed by atoms with E-state index in [0.29, 0.717) is 6.54 Å².